The van der Waals surface area contributed by atoms with Gasteiger partial charge in [0, 0.05) is 18.6 Å². The minimum Gasteiger partial charge on any atom is -0.462 e. The molecule has 0 spiro atoms. The van der Waals surface area contributed by atoms with Crippen molar-refractivity contribution in [2.24, 2.45) is 5.92 Å². The highest BCUT2D eigenvalue weighted by Crippen LogP contribution is 2.14. The van der Waals surface area contributed by atoms with E-state index in [0.29, 0.717) is 29.7 Å². The Morgan fingerprint density at radius 3 is 2.15 bits per heavy atom. The fraction of sp³-hybridized carbons (Fsp3) is 0.300. The molecule has 0 bridgehead atoms. The Labute approximate surface area is 157 Å². The molecule has 2 rings (SSSR count). The third kappa shape index (κ3) is 6.22. The molecule has 27 heavy (non-hydrogen) atoms. The first-order chi connectivity index (χ1) is 12.9. The van der Waals surface area contributed by atoms with Crippen LogP contribution in [-0.2, 0) is 15.9 Å². The number of rotatable bonds is 8. The maximum atomic E-state index is 12.1. The fourth-order valence-corrected chi connectivity index (χ4v) is 2.24. The van der Waals surface area contributed by atoms with Crippen LogP contribution in [0.5, 0.6) is 0 Å². The number of non-ortho nitro benzene ring substituents is 1. The molecule has 0 aliphatic rings. The van der Waals surface area contributed by atoms with Gasteiger partial charge in [0.05, 0.1) is 29.3 Å². The molecular weight excluding hydrogens is 350 g/mol. The van der Waals surface area contributed by atoms with Crippen LogP contribution in [-0.4, -0.2) is 30.1 Å². The normalized spacial score (nSPS) is 10.5. The van der Waals surface area contributed by atoms with Crippen LogP contribution >= 0.6 is 0 Å². The van der Waals surface area contributed by atoms with Gasteiger partial charge in [-0.05, 0) is 35.7 Å². The van der Waals surface area contributed by atoms with Crippen molar-refractivity contribution in [3.63, 3.8) is 0 Å². The van der Waals surface area contributed by atoms with Crippen LogP contribution in [0.15, 0.2) is 48.5 Å². The van der Waals surface area contributed by atoms with Crippen LogP contribution in [0.4, 0.5) is 5.69 Å². The standard InChI is InChI=1S/C20H21NO6/c1-14(2)13-27-20(23)17-8-6-16(7-9-17)19(22)26-11-10-15-4-3-5-18(12-15)21(24)25/h3-9,12,14H,10-11,13H2,1-2H3. The number of carbonyl (C=O) groups is 2. The van der Waals surface area contributed by atoms with Crippen LogP contribution in [0.3, 0.4) is 0 Å². The molecule has 0 N–H and O–H groups in total. The molecule has 0 heterocycles. The maximum Gasteiger partial charge on any atom is 0.338 e. The van der Waals surface area contributed by atoms with Gasteiger partial charge in [0.1, 0.15) is 0 Å². The number of carbonyl (C=O) groups excluding carboxylic acids is 2. The van der Waals surface area contributed by atoms with Gasteiger partial charge in [-0.15, -0.1) is 0 Å². The number of nitrogens with zero attached hydrogens (tertiary/aromatic N) is 1. The van der Waals surface area contributed by atoms with E-state index in [4.69, 9.17) is 9.47 Å². The van der Waals surface area contributed by atoms with E-state index in [-0.39, 0.29) is 18.2 Å². The molecule has 2 aromatic rings. The van der Waals surface area contributed by atoms with Crippen LogP contribution in [0.1, 0.15) is 40.1 Å². The summed E-state index contributed by atoms with van der Waals surface area (Å²) in [6, 6.07) is 12.2. The van der Waals surface area contributed by atoms with Gasteiger partial charge in [-0.1, -0.05) is 26.0 Å². The second-order valence-electron chi connectivity index (χ2n) is 6.38. The van der Waals surface area contributed by atoms with Gasteiger partial charge in [0.15, 0.2) is 0 Å². The average Bonchev–Trinajstić information content (AvgIpc) is 2.66. The number of esters is 2. The Morgan fingerprint density at radius 2 is 1.59 bits per heavy atom. The van der Waals surface area contributed by atoms with E-state index in [2.05, 4.69) is 0 Å². The van der Waals surface area contributed by atoms with E-state index in [1.54, 1.807) is 12.1 Å². The zero-order valence-electron chi connectivity index (χ0n) is 15.2. The quantitative estimate of drug-likeness (QED) is 0.398. The lowest BCUT2D eigenvalue weighted by Gasteiger charge is -2.08. The molecule has 0 amide bonds. The molecule has 0 saturated heterocycles. The topological polar surface area (TPSA) is 95.7 Å². The average molecular weight is 371 g/mol. The lowest BCUT2D eigenvalue weighted by Crippen LogP contribution is -2.11. The lowest BCUT2D eigenvalue weighted by molar-refractivity contribution is -0.384. The summed E-state index contributed by atoms with van der Waals surface area (Å²) in [6.07, 6.45) is 0.368. The highest BCUT2D eigenvalue weighted by Gasteiger charge is 2.12. The Balaban J connectivity index is 1.86. The van der Waals surface area contributed by atoms with Crippen LogP contribution in [0.2, 0.25) is 0 Å². The Bertz CT molecular complexity index is 813. The Kier molecular flexibility index (Phi) is 7.05. The third-order valence-corrected chi connectivity index (χ3v) is 3.65. The number of hydrogen-bond acceptors (Lipinski definition) is 6. The summed E-state index contributed by atoms with van der Waals surface area (Å²) in [6.45, 7) is 4.32. The molecular formula is C20H21NO6. The van der Waals surface area contributed by atoms with Crippen molar-refractivity contribution in [3.05, 3.63) is 75.3 Å². The van der Waals surface area contributed by atoms with E-state index < -0.39 is 16.9 Å². The first-order valence-corrected chi connectivity index (χ1v) is 8.54. The zero-order chi connectivity index (χ0) is 19.8. The predicted molar refractivity (Wildman–Crippen MR) is 98.6 cm³/mol. The van der Waals surface area contributed by atoms with Crippen LogP contribution in [0.25, 0.3) is 0 Å². The van der Waals surface area contributed by atoms with E-state index in [9.17, 15) is 19.7 Å². The fourth-order valence-electron chi connectivity index (χ4n) is 2.24. The molecule has 2 aromatic carbocycles. The number of benzene rings is 2. The monoisotopic (exact) mass is 371 g/mol. The summed E-state index contributed by atoms with van der Waals surface area (Å²) in [5, 5.41) is 10.8. The number of nitro benzene ring substituents is 1. The Hall–Kier alpha value is -3.22. The van der Waals surface area contributed by atoms with E-state index in [1.165, 1.54) is 36.4 Å². The van der Waals surface area contributed by atoms with Gasteiger partial charge < -0.3 is 9.47 Å². The van der Waals surface area contributed by atoms with Gasteiger partial charge in [0.2, 0.25) is 0 Å². The van der Waals surface area contributed by atoms with Crippen molar-refractivity contribution in [2.75, 3.05) is 13.2 Å². The second kappa shape index (κ2) is 9.47. The maximum absolute atomic E-state index is 12.1. The first kappa shape index (κ1) is 20.1. The zero-order valence-corrected chi connectivity index (χ0v) is 15.2. The molecule has 0 aliphatic carbocycles. The largest absolute Gasteiger partial charge is 0.462 e. The summed E-state index contributed by atoms with van der Waals surface area (Å²) in [5.41, 5.74) is 1.39. The van der Waals surface area contributed by atoms with Gasteiger partial charge in [-0.2, -0.15) is 0 Å². The molecule has 7 nitrogen and oxygen atoms in total. The third-order valence-electron chi connectivity index (χ3n) is 3.65. The van der Waals surface area contributed by atoms with Crippen molar-refractivity contribution in [1.82, 2.24) is 0 Å². The van der Waals surface area contributed by atoms with Gasteiger partial charge in [0.25, 0.3) is 5.69 Å². The summed E-state index contributed by atoms with van der Waals surface area (Å²) >= 11 is 0. The SMILES string of the molecule is CC(C)COC(=O)c1ccc(C(=O)OCCc2cccc([N+](=O)[O-])c2)cc1. The number of hydrogen-bond donors (Lipinski definition) is 0. The van der Waals surface area contributed by atoms with Crippen LogP contribution < -0.4 is 0 Å². The molecule has 7 heteroatoms. The smallest absolute Gasteiger partial charge is 0.338 e. The van der Waals surface area contributed by atoms with Crippen molar-refractivity contribution < 1.29 is 24.0 Å². The van der Waals surface area contributed by atoms with Crippen molar-refractivity contribution in [3.8, 4) is 0 Å². The highest BCUT2D eigenvalue weighted by atomic mass is 16.6. The minimum absolute atomic E-state index is 0.00114. The van der Waals surface area contributed by atoms with Gasteiger partial charge in [-0.3, -0.25) is 10.1 Å². The Morgan fingerprint density at radius 1 is 1.00 bits per heavy atom. The lowest BCUT2D eigenvalue weighted by atomic mass is 10.1. The summed E-state index contributed by atoms with van der Waals surface area (Å²) in [5.74, 6) is -0.717. The molecule has 0 fully saturated rings. The highest BCUT2D eigenvalue weighted by molar-refractivity contribution is 5.93. The van der Waals surface area contributed by atoms with Crippen molar-refractivity contribution >= 4 is 17.6 Å². The summed E-state index contributed by atoms with van der Waals surface area (Å²) in [7, 11) is 0. The van der Waals surface area contributed by atoms with Gasteiger partial charge >= 0.3 is 11.9 Å². The summed E-state index contributed by atoms with van der Waals surface area (Å²) in [4.78, 5) is 34.2. The molecule has 0 radical (unpaired) electrons. The number of nitro groups is 1. The van der Waals surface area contributed by atoms with Crippen LogP contribution in [0, 0.1) is 16.0 Å². The molecule has 0 saturated carbocycles. The molecule has 0 aliphatic heterocycles. The van der Waals surface area contributed by atoms with Crippen molar-refractivity contribution in [1.29, 1.82) is 0 Å². The summed E-state index contributed by atoms with van der Waals surface area (Å²) < 4.78 is 10.3. The predicted octanol–water partition coefficient (Wildman–Crippen LogP) is 3.81. The second-order valence-corrected chi connectivity index (χ2v) is 6.38. The van der Waals surface area contributed by atoms with Gasteiger partial charge in [-0.25, -0.2) is 9.59 Å². The van der Waals surface area contributed by atoms with E-state index in [0.717, 1.165) is 0 Å². The molecule has 0 unspecified atom stereocenters. The minimum atomic E-state index is -0.525. The van der Waals surface area contributed by atoms with Crippen molar-refractivity contribution in [2.45, 2.75) is 20.3 Å². The number of ether oxygens (including phenoxy) is 2. The molecule has 0 atom stereocenters. The first-order valence-electron chi connectivity index (χ1n) is 8.54. The van der Waals surface area contributed by atoms with E-state index in [1.807, 2.05) is 13.8 Å². The molecule has 142 valence electrons. The molecule has 0 aromatic heterocycles. The van der Waals surface area contributed by atoms with E-state index >= 15 is 0 Å².